The first-order valence-electron chi connectivity index (χ1n) is 12.8. The van der Waals surface area contributed by atoms with Crippen molar-refractivity contribution in [1.82, 2.24) is 0 Å². The van der Waals surface area contributed by atoms with Crippen molar-refractivity contribution in [2.75, 3.05) is 19.8 Å². The van der Waals surface area contributed by atoms with Crippen molar-refractivity contribution in [2.24, 2.45) is 16.7 Å². The van der Waals surface area contributed by atoms with Crippen LogP contribution in [0.4, 0.5) is 0 Å². The molecule has 3 fully saturated rings. The molecule has 5 aliphatic rings. The average Bonchev–Trinajstić information content (AvgIpc) is 3.63. The molecular weight excluding hydrogens is 484 g/mol. The van der Waals surface area contributed by atoms with Gasteiger partial charge in [0.15, 0.2) is 6.10 Å². The van der Waals surface area contributed by atoms with Gasteiger partial charge in [-0.25, -0.2) is 14.4 Å². The molecule has 9 atom stereocenters. The van der Waals surface area contributed by atoms with Gasteiger partial charge >= 0.3 is 17.9 Å². The van der Waals surface area contributed by atoms with Crippen LogP contribution >= 0.6 is 0 Å². The minimum Gasteiger partial charge on any atom is -0.463 e. The third-order valence-electron chi connectivity index (χ3n) is 9.22. The third kappa shape index (κ3) is 4.05. The van der Waals surface area contributed by atoms with Crippen LogP contribution in [0.5, 0.6) is 0 Å². The maximum atomic E-state index is 13.0. The fraction of sp³-hybridized carbons (Fsp3) is 0.667. The highest BCUT2D eigenvalue weighted by Crippen LogP contribution is 2.72. The van der Waals surface area contributed by atoms with Crippen LogP contribution in [-0.4, -0.2) is 84.1 Å². The molecule has 2 saturated heterocycles. The van der Waals surface area contributed by atoms with Crippen LogP contribution in [0.2, 0.25) is 0 Å². The number of cyclic esters (lactones) is 2. The number of aliphatic hydroxyl groups excluding tert-OH is 2. The minimum atomic E-state index is -1.44. The van der Waals surface area contributed by atoms with Crippen LogP contribution < -0.4 is 0 Å². The number of hydrogen-bond acceptors (Lipinski definition) is 10. The number of rotatable bonds is 0. The summed E-state index contributed by atoms with van der Waals surface area (Å²) in [6.07, 6.45) is 4.09. The molecule has 202 valence electrons. The first kappa shape index (κ1) is 26.1. The summed E-state index contributed by atoms with van der Waals surface area (Å²) < 4.78 is 29.3. The molecule has 10 nitrogen and oxygen atoms in total. The van der Waals surface area contributed by atoms with E-state index < -0.39 is 64.7 Å². The van der Waals surface area contributed by atoms with Gasteiger partial charge in [0.2, 0.25) is 0 Å². The van der Waals surface area contributed by atoms with Crippen molar-refractivity contribution in [3.63, 3.8) is 0 Å². The summed E-state index contributed by atoms with van der Waals surface area (Å²) in [7, 11) is 0. The summed E-state index contributed by atoms with van der Waals surface area (Å²) in [6, 6.07) is 0. The van der Waals surface area contributed by atoms with Crippen molar-refractivity contribution in [3.8, 4) is 0 Å². The molecule has 0 aromatic carbocycles. The smallest absolute Gasteiger partial charge is 0.335 e. The second kappa shape index (κ2) is 9.34. The van der Waals surface area contributed by atoms with Gasteiger partial charge in [0.1, 0.15) is 18.3 Å². The molecule has 0 aromatic rings. The Labute approximate surface area is 215 Å². The average molecular weight is 519 g/mol. The first-order valence-corrected chi connectivity index (χ1v) is 12.8. The number of carbonyl (C=O) groups is 3. The highest BCUT2D eigenvalue weighted by atomic mass is 16.6. The first-order chi connectivity index (χ1) is 17.5. The van der Waals surface area contributed by atoms with E-state index >= 15 is 0 Å². The van der Waals surface area contributed by atoms with Crippen LogP contribution in [0.3, 0.4) is 0 Å². The van der Waals surface area contributed by atoms with E-state index in [0.717, 1.165) is 5.57 Å². The van der Waals surface area contributed by atoms with E-state index in [1.54, 1.807) is 6.92 Å². The van der Waals surface area contributed by atoms with Gasteiger partial charge in [-0.2, -0.15) is 0 Å². The van der Waals surface area contributed by atoms with E-state index in [1.165, 1.54) is 24.3 Å². The molecule has 0 aromatic heterocycles. The highest BCUT2D eigenvalue weighted by Gasteiger charge is 2.83. The lowest BCUT2D eigenvalue weighted by molar-refractivity contribution is -0.240. The molecule has 1 saturated carbocycles. The Morgan fingerprint density at radius 3 is 2.41 bits per heavy atom. The Kier molecular flexibility index (Phi) is 6.59. The summed E-state index contributed by atoms with van der Waals surface area (Å²) in [5.41, 5.74) is -1.84. The van der Waals surface area contributed by atoms with E-state index in [-0.39, 0.29) is 32.2 Å². The summed E-state index contributed by atoms with van der Waals surface area (Å²) in [6.45, 7) is 5.67. The molecule has 3 heterocycles. The molecule has 2 spiro atoms. The molecule has 37 heavy (non-hydrogen) atoms. The second-order valence-corrected chi connectivity index (χ2v) is 11.1. The van der Waals surface area contributed by atoms with Gasteiger partial charge in [-0.1, -0.05) is 32.1 Å². The lowest BCUT2D eigenvalue weighted by Gasteiger charge is -2.58. The van der Waals surface area contributed by atoms with Crippen LogP contribution in [0.1, 0.15) is 40.0 Å². The molecule has 2 N–H and O–H groups in total. The van der Waals surface area contributed by atoms with Gasteiger partial charge in [-0.15, -0.1) is 0 Å². The van der Waals surface area contributed by atoms with E-state index in [2.05, 4.69) is 0 Å². The molecule has 3 aliphatic heterocycles. The lowest BCUT2D eigenvalue weighted by Crippen LogP contribution is -2.68. The van der Waals surface area contributed by atoms with Crippen LogP contribution in [0.15, 0.2) is 36.0 Å². The van der Waals surface area contributed by atoms with Crippen molar-refractivity contribution in [3.05, 3.63) is 36.0 Å². The standard InChI is InChI=1S/C27H34O10/c1-15-8-9-33-21(29)6-4-5-7-22(30)37-18-11-20-27(14-35-27)25(18,3)26(13-34-24(32)23(15)31)12-17(28)16(2)10-19(26)36-20/h4-7,10,15,17-20,23,28,31H,8-9,11-14H2,1-3H3/b6-4-,7-5-. The Hall–Kier alpha value is -2.53. The molecule has 10 heteroatoms. The summed E-state index contributed by atoms with van der Waals surface area (Å²) in [5.74, 6) is -2.57. The largest absolute Gasteiger partial charge is 0.463 e. The molecule has 5 rings (SSSR count). The van der Waals surface area contributed by atoms with Crippen molar-refractivity contribution < 1.29 is 48.3 Å². The Morgan fingerprint density at radius 1 is 1.00 bits per heavy atom. The quantitative estimate of drug-likeness (QED) is 0.208. The number of epoxide rings is 1. The predicted molar refractivity (Wildman–Crippen MR) is 127 cm³/mol. The van der Waals surface area contributed by atoms with Gasteiger partial charge in [0.05, 0.1) is 36.9 Å². The van der Waals surface area contributed by atoms with E-state index in [9.17, 15) is 24.6 Å². The third-order valence-corrected chi connectivity index (χ3v) is 9.22. The van der Waals surface area contributed by atoms with Gasteiger partial charge in [-0.05, 0) is 31.3 Å². The minimum absolute atomic E-state index is 0.00243. The molecule has 2 bridgehead atoms. The van der Waals surface area contributed by atoms with Gasteiger partial charge in [0.25, 0.3) is 0 Å². The predicted octanol–water partition coefficient (Wildman–Crippen LogP) is 1.14. The topological polar surface area (TPSA) is 141 Å². The van der Waals surface area contributed by atoms with E-state index in [1.807, 2.05) is 19.9 Å². The fourth-order valence-corrected chi connectivity index (χ4v) is 6.66. The number of hydrogen-bond donors (Lipinski definition) is 2. The summed E-state index contributed by atoms with van der Waals surface area (Å²) in [5, 5.41) is 21.6. The zero-order chi connectivity index (χ0) is 26.6. The molecule has 0 radical (unpaired) electrons. The SMILES string of the molecule is CC1=CC2OC3CC4OC(=O)/C=C\C=C/C(=O)OCCC(C)C(O)C(=O)OCC2(CC1O)C4(C)C31CO1. The number of esters is 3. The normalized spacial score (nSPS) is 47.9. The number of aliphatic hydroxyl groups is 2. The number of ether oxygens (including phenoxy) is 5. The van der Waals surface area contributed by atoms with Crippen LogP contribution in [0, 0.1) is 16.7 Å². The molecule has 9 unspecified atom stereocenters. The molecular formula is C27H34O10. The number of allylic oxidation sites excluding steroid dienone is 2. The van der Waals surface area contributed by atoms with Gasteiger partial charge in [-0.3, -0.25) is 0 Å². The maximum absolute atomic E-state index is 13.0. The zero-order valence-electron chi connectivity index (χ0n) is 21.3. The Bertz CT molecular complexity index is 1060. The maximum Gasteiger partial charge on any atom is 0.335 e. The Balaban J connectivity index is 1.54. The van der Waals surface area contributed by atoms with E-state index in [4.69, 9.17) is 23.7 Å². The zero-order valence-corrected chi connectivity index (χ0v) is 21.3. The van der Waals surface area contributed by atoms with Crippen molar-refractivity contribution >= 4 is 17.9 Å². The fourth-order valence-electron chi connectivity index (χ4n) is 6.66. The Morgan fingerprint density at radius 2 is 1.70 bits per heavy atom. The monoisotopic (exact) mass is 518 g/mol. The van der Waals surface area contributed by atoms with Crippen molar-refractivity contribution in [2.45, 2.75) is 76.2 Å². The molecule has 0 amide bonds. The lowest BCUT2D eigenvalue weighted by atomic mass is 9.51. The van der Waals surface area contributed by atoms with E-state index in [0.29, 0.717) is 13.0 Å². The summed E-state index contributed by atoms with van der Waals surface area (Å²) in [4.78, 5) is 37.6. The number of carbonyl (C=O) groups excluding carboxylic acids is 3. The molecule has 2 aliphatic carbocycles. The van der Waals surface area contributed by atoms with Crippen LogP contribution in [-0.2, 0) is 38.1 Å². The van der Waals surface area contributed by atoms with Crippen molar-refractivity contribution in [1.29, 1.82) is 0 Å². The van der Waals surface area contributed by atoms with Crippen LogP contribution in [0.25, 0.3) is 0 Å². The van der Waals surface area contributed by atoms with Gasteiger partial charge in [0, 0.05) is 24.0 Å². The second-order valence-electron chi connectivity index (χ2n) is 11.1. The highest BCUT2D eigenvalue weighted by molar-refractivity contribution is 5.84. The summed E-state index contributed by atoms with van der Waals surface area (Å²) >= 11 is 0. The van der Waals surface area contributed by atoms with Gasteiger partial charge < -0.3 is 33.9 Å².